The van der Waals surface area contributed by atoms with Gasteiger partial charge in [0.05, 0.1) is 15.2 Å². The van der Waals surface area contributed by atoms with E-state index in [2.05, 4.69) is 28.5 Å². The van der Waals surface area contributed by atoms with E-state index in [0.29, 0.717) is 6.42 Å². The van der Waals surface area contributed by atoms with Crippen LogP contribution in [0.4, 0.5) is 5.69 Å². The van der Waals surface area contributed by atoms with Gasteiger partial charge in [-0.05, 0) is 42.2 Å². The van der Waals surface area contributed by atoms with Crippen LogP contribution in [0.15, 0.2) is 53.9 Å². The summed E-state index contributed by atoms with van der Waals surface area (Å²) < 4.78 is 1.15. The summed E-state index contributed by atoms with van der Waals surface area (Å²) in [6.07, 6.45) is 2.54. The molecule has 122 valence electrons. The van der Waals surface area contributed by atoms with Gasteiger partial charge in [-0.2, -0.15) is 0 Å². The van der Waals surface area contributed by atoms with Gasteiger partial charge in [0.1, 0.15) is 0 Å². The van der Waals surface area contributed by atoms with Crippen molar-refractivity contribution in [3.63, 3.8) is 0 Å². The molecule has 0 aliphatic rings. The Bertz CT molecular complexity index is 856. The number of aromatic nitrogens is 1. The topological polar surface area (TPSA) is 42.0 Å². The van der Waals surface area contributed by atoms with Crippen molar-refractivity contribution < 1.29 is 4.79 Å². The van der Waals surface area contributed by atoms with Crippen LogP contribution in [-0.4, -0.2) is 16.6 Å². The van der Waals surface area contributed by atoms with Crippen LogP contribution in [0.3, 0.4) is 0 Å². The highest BCUT2D eigenvalue weighted by atomic mass is 32.2. The number of hydrogen-bond donors (Lipinski definition) is 1. The monoisotopic (exact) mass is 354 g/mol. The smallest absolute Gasteiger partial charge is 0.225 e. The van der Waals surface area contributed by atoms with Crippen molar-refractivity contribution in [1.82, 2.24) is 4.98 Å². The number of aryl methyl sites for hydroxylation is 1. The zero-order valence-electron chi connectivity index (χ0n) is 13.4. The molecule has 0 fully saturated rings. The van der Waals surface area contributed by atoms with Gasteiger partial charge in [0.25, 0.3) is 0 Å². The molecule has 3 rings (SSSR count). The van der Waals surface area contributed by atoms with Crippen LogP contribution in [0, 0.1) is 6.92 Å². The number of hydrogen-bond acceptors (Lipinski definition) is 4. The normalized spacial score (nSPS) is 11.2. The van der Waals surface area contributed by atoms with Gasteiger partial charge >= 0.3 is 0 Å². The molecule has 0 bridgehead atoms. The molecule has 1 amide bonds. The Morgan fingerprint density at radius 1 is 1.25 bits per heavy atom. The second-order valence-electron chi connectivity index (χ2n) is 5.30. The highest BCUT2D eigenvalue weighted by Gasteiger charge is 2.05. The van der Waals surface area contributed by atoms with Gasteiger partial charge < -0.3 is 5.32 Å². The summed E-state index contributed by atoms with van der Waals surface area (Å²) >= 11 is 3.30. The minimum Gasteiger partial charge on any atom is -0.326 e. The molecule has 0 aliphatic carbocycles. The number of thiazole rings is 1. The highest BCUT2D eigenvalue weighted by Crippen LogP contribution is 2.24. The third kappa shape index (κ3) is 4.69. The number of nitrogens with one attached hydrogen (secondary N) is 1. The summed E-state index contributed by atoms with van der Waals surface area (Å²) in [7, 11) is 0. The molecule has 0 saturated heterocycles. The Balaban J connectivity index is 1.45. The highest BCUT2D eigenvalue weighted by molar-refractivity contribution is 8.02. The lowest BCUT2D eigenvalue weighted by Crippen LogP contribution is -2.11. The van der Waals surface area contributed by atoms with Crippen molar-refractivity contribution in [2.24, 2.45) is 0 Å². The lowest BCUT2D eigenvalue weighted by atomic mass is 10.2. The zero-order chi connectivity index (χ0) is 16.8. The van der Waals surface area contributed by atoms with E-state index in [9.17, 15) is 4.79 Å². The molecule has 0 atom stereocenters. The third-order valence-corrected chi connectivity index (χ3v) is 5.10. The summed E-state index contributed by atoms with van der Waals surface area (Å²) in [4.78, 5) is 16.5. The predicted molar refractivity (Wildman–Crippen MR) is 106 cm³/mol. The van der Waals surface area contributed by atoms with Crippen LogP contribution in [0.25, 0.3) is 16.3 Å². The fourth-order valence-electron chi connectivity index (χ4n) is 2.25. The molecular formula is C19H18N2OS2. The van der Waals surface area contributed by atoms with Crippen LogP contribution in [0.2, 0.25) is 0 Å². The summed E-state index contributed by atoms with van der Waals surface area (Å²) in [5.74, 6) is 0.787. The van der Waals surface area contributed by atoms with Crippen LogP contribution < -0.4 is 5.32 Å². The molecular weight excluding hydrogens is 336 g/mol. The van der Waals surface area contributed by atoms with Gasteiger partial charge in [-0.3, -0.25) is 4.79 Å². The molecule has 1 aromatic heterocycles. The molecule has 2 aromatic carbocycles. The van der Waals surface area contributed by atoms with E-state index in [-0.39, 0.29) is 5.91 Å². The van der Waals surface area contributed by atoms with Gasteiger partial charge in [0, 0.05) is 17.9 Å². The predicted octanol–water partition coefficient (Wildman–Crippen LogP) is 5.34. The summed E-state index contributed by atoms with van der Waals surface area (Å²) in [5, 5.41) is 6.01. The van der Waals surface area contributed by atoms with Crippen LogP contribution >= 0.6 is 23.1 Å². The minimum absolute atomic E-state index is 0.0295. The van der Waals surface area contributed by atoms with Crippen molar-refractivity contribution >= 4 is 51.0 Å². The summed E-state index contributed by atoms with van der Waals surface area (Å²) in [6, 6.07) is 16.0. The van der Waals surface area contributed by atoms with Gasteiger partial charge in [0.2, 0.25) is 5.91 Å². The maximum atomic E-state index is 12.0. The fourth-order valence-corrected chi connectivity index (χ4v) is 3.75. The summed E-state index contributed by atoms with van der Waals surface area (Å²) in [5.41, 5.74) is 2.92. The Morgan fingerprint density at radius 3 is 2.92 bits per heavy atom. The third-order valence-electron chi connectivity index (χ3n) is 3.38. The number of rotatable bonds is 6. The lowest BCUT2D eigenvalue weighted by molar-refractivity contribution is -0.115. The number of carbonyl (C=O) groups is 1. The fraction of sp³-hybridized carbons (Fsp3) is 0.158. The van der Waals surface area contributed by atoms with Gasteiger partial charge in [-0.25, -0.2) is 4.98 Å². The van der Waals surface area contributed by atoms with E-state index in [1.165, 1.54) is 5.56 Å². The van der Waals surface area contributed by atoms with Crippen molar-refractivity contribution in [3.05, 3.63) is 64.5 Å². The second kappa shape index (κ2) is 8.13. The van der Waals surface area contributed by atoms with Crippen LogP contribution in [0.5, 0.6) is 0 Å². The average molecular weight is 354 g/mol. The lowest BCUT2D eigenvalue weighted by Gasteiger charge is -2.04. The Kier molecular flexibility index (Phi) is 5.67. The number of fused-ring (bicyclic) bond motifs is 1. The number of anilines is 1. The standard InChI is InChI=1S/C19H18N2OS2/c1-14-20-17-13-16(7-8-18(17)24-14)21-19(22)10-12-23-11-9-15-5-3-2-4-6-15/h2-9,11,13H,10,12H2,1H3,(H,21,22)/b11-9-. The quantitative estimate of drug-likeness (QED) is 0.608. The first-order chi connectivity index (χ1) is 11.7. The van der Waals surface area contributed by atoms with Crippen molar-refractivity contribution in [2.75, 3.05) is 11.1 Å². The van der Waals surface area contributed by atoms with Gasteiger partial charge in [0.15, 0.2) is 0 Å². The maximum absolute atomic E-state index is 12.0. The number of thioether (sulfide) groups is 1. The van der Waals surface area contributed by atoms with Crippen molar-refractivity contribution in [3.8, 4) is 0 Å². The van der Waals surface area contributed by atoms with E-state index >= 15 is 0 Å². The van der Waals surface area contributed by atoms with E-state index in [0.717, 1.165) is 26.7 Å². The number of amides is 1. The minimum atomic E-state index is 0.0295. The first-order valence-electron chi connectivity index (χ1n) is 7.71. The second-order valence-corrected chi connectivity index (χ2v) is 7.55. The summed E-state index contributed by atoms with van der Waals surface area (Å²) in [6.45, 7) is 1.99. The molecule has 24 heavy (non-hydrogen) atoms. The van der Waals surface area contributed by atoms with E-state index < -0.39 is 0 Å². The van der Waals surface area contributed by atoms with Crippen molar-refractivity contribution in [2.45, 2.75) is 13.3 Å². The molecule has 0 saturated carbocycles. The molecule has 1 heterocycles. The van der Waals surface area contributed by atoms with Crippen molar-refractivity contribution in [1.29, 1.82) is 0 Å². The number of carbonyl (C=O) groups excluding carboxylic acids is 1. The molecule has 0 radical (unpaired) electrons. The van der Waals surface area contributed by atoms with Crippen LogP contribution in [0.1, 0.15) is 17.0 Å². The number of benzene rings is 2. The number of nitrogens with zero attached hydrogens (tertiary/aromatic N) is 1. The molecule has 3 aromatic rings. The molecule has 1 N–H and O–H groups in total. The van der Waals surface area contributed by atoms with Gasteiger partial charge in [-0.1, -0.05) is 30.3 Å². The molecule has 0 spiro atoms. The Morgan fingerprint density at radius 2 is 2.08 bits per heavy atom. The zero-order valence-corrected chi connectivity index (χ0v) is 15.0. The largest absolute Gasteiger partial charge is 0.326 e. The average Bonchev–Trinajstić information content (AvgIpc) is 2.95. The Hall–Kier alpha value is -2.11. The van der Waals surface area contributed by atoms with E-state index in [1.54, 1.807) is 23.1 Å². The SMILES string of the molecule is Cc1nc2cc(NC(=O)CCS/C=C\c3ccccc3)ccc2s1. The van der Waals surface area contributed by atoms with Gasteiger partial charge in [-0.15, -0.1) is 23.1 Å². The molecule has 0 unspecified atom stereocenters. The molecule has 3 nitrogen and oxygen atoms in total. The first-order valence-corrected chi connectivity index (χ1v) is 9.57. The first kappa shape index (κ1) is 16.7. The van der Waals surface area contributed by atoms with Crippen LogP contribution in [-0.2, 0) is 4.79 Å². The molecule has 5 heteroatoms. The maximum Gasteiger partial charge on any atom is 0.225 e. The van der Waals surface area contributed by atoms with E-state index in [1.807, 2.05) is 48.7 Å². The Labute approximate surface area is 149 Å². The van der Waals surface area contributed by atoms with E-state index in [4.69, 9.17) is 0 Å². The molecule has 0 aliphatic heterocycles.